The summed E-state index contributed by atoms with van der Waals surface area (Å²) in [4.78, 5) is 16.5. The second kappa shape index (κ2) is 4.89. The molecule has 0 aliphatic rings. The molecule has 1 N–H and O–H groups in total. The molecular weight excluding hydrogens is 224 g/mol. The van der Waals surface area contributed by atoms with E-state index >= 15 is 0 Å². The van der Waals surface area contributed by atoms with Crippen LogP contribution in [0, 0.1) is 26.2 Å². The summed E-state index contributed by atoms with van der Waals surface area (Å²) >= 11 is 0. The molecule has 0 aliphatic heterocycles. The Balaban J connectivity index is 2.58. The summed E-state index contributed by atoms with van der Waals surface area (Å²) in [6, 6.07) is 7.66. The summed E-state index contributed by atoms with van der Waals surface area (Å²) in [6.07, 6.45) is 5.14. The Hall–Kier alpha value is -2.34. The number of nitrogens with zero attached hydrogens (tertiary/aromatic N) is 1. The first-order chi connectivity index (χ1) is 8.61. The van der Waals surface area contributed by atoms with Crippen LogP contribution in [0.15, 0.2) is 24.3 Å². The van der Waals surface area contributed by atoms with E-state index in [0.29, 0.717) is 5.56 Å². The number of aromatic nitrogens is 1. The summed E-state index contributed by atoms with van der Waals surface area (Å²) in [6.45, 7) is 4.09. The van der Waals surface area contributed by atoms with Gasteiger partial charge in [-0.15, -0.1) is 6.42 Å². The lowest BCUT2D eigenvalue weighted by atomic mass is 10.0. The zero-order chi connectivity index (χ0) is 13.1. The quantitative estimate of drug-likeness (QED) is 0.815. The Labute approximate surface area is 106 Å². The molecule has 1 aromatic heterocycles. The molecule has 0 saturated heterocycles. The van der Waals surface area contributed by atoms with E-state index in [0.717, 1.165) is 22.2 Å². The van der Waals surface area contributed by atoms with Gasteiger partial charge in [-0.2, -0.15) is 0 Å². The number of carbonyl (C=O) groups is 1. The van der Waals surface area contributed by atoms with Crippen LogP contribution in [0.25, 0.3) is 10.9 Å². The zero-order valence-corrected chi connectivity index (χ0v) is 10.4. The number of fused-ring (bicyclic) bond motifs is 1. The normalized spacial score (nSPS) is 10.1. The number of benzene rings is 1. The first-order valence-electron chi connectivity index (χ1n) is 5.71. The van der Waals surface area contributed by atoms with Gasteiger partial charge in [-0.1, -0.05) is 17.6 Å². The van der Waals surface area contributed by atoms with Gasteiger partial charge in [-0.3, -0.25) is 9.78 Å². The molecule has 0 bridgehead atoms. The maximum Gasteiger partial charge on any atom is 0.252 e. The van der Waals surface area contributed by atoms with Crippen molar-refractivity contribution < 1.29 is 4.79 Å². The Morgan fingerprint density at radius 3 is 2.89 bits per heavy atom. The SMILES string of the molecule is C#CCNC(=O)c1cc(C)nc2ccc(C)cc12. The number of pyridine rings is 1. The molecule has 0 aliphatic carbocycles. The summed E-state index contributed by atoms with van der Waals surface area (Å²) in [7, 11) is 0. The van der Waals surface area contributed by atoms with Crippen LogP contribution in [0.5, 0.6) is 0 Å². The molecule has 2 aromatic rings. The van der Waals surface area contributed by atoms with Crippen molar-refractivity contribution in [2.24, 2.45) is 0 Å². The van der Waals surface area contributed by atoms with Gasteiger partial charge >= 0.3 is 0 Å². The molecular formula is C15H14N2O. The highest BCUT2D eigenvalue weighted by Gasteiger charge is 2.11. The largest absolute Gasteiger partial charge is 0.341 e. The molecule has 0 fully saturated rings. The van der Waals surface area contributed by atoms with Gasteiger partial charge in [0, 0.05) is 11.1 Å². The summed E-state index contributed by atoms with van der Waals surface area (Å²) in [5, 5.41) is 3.54. The molecule has 0 radical (unpaired) electrons. The summed E-state index contributed by atoms with van der Waals surface area (Å²) < 4.78 is 0. The maximum atomic E-state index is 12.0. The Kier molecular flexibility index (Phi) is 3.29. The van der Waals surface area contributed by atoms with E-state index in [9.17, 15) is 4.79 Å². The van der Waals surface area contributed by atoms with Crippen molar-refractivity contribution in [2.75, 3.05) is 6.54 Å². The molecule has 1 amide bonds. The number of amides is 1. The number of hydrogen-bond acceptors (Lipinski definition) is 2. The van der Waals surface area contributed by atoms with E-state index in [1.165, 1.54) is 0 Å². The number of carbonyl (C=O) groups excluding carboxylic acids is 1. The van der Waals surface area contributed by atoms with Crippen molar-refractivity contribution in [3.63, 3.8) is 0 Å². The van der Waals surface area contributed by atoms with Crippen LogP contribution in [0.3, 0.4) is 0 Å². The molecule has 0 unspecified atom stereocenters. The van der Waals surface area contributed by atoms with Gasteiger partial charge < -0.3 is 5.32 Å². The van der Waals surface area contributed by atoms with E-state index in [1.807, 2.05) is 32.0 Å². The van der Waals surface area contributed by atoms with Crippen molar-refractivity contribution >= 4 is 16.8 Å². The minimum Gasteiger partial charge on any atom is -0.341 e. The van der Waals surface area contributed by atoms with Crippen LogP contribution < -0.4 is 5.32 Å². The molecule has 90 valence electrons. The van der Waals surface area contributed by atoms with Crippen LogP contribution in [0.4, 0.5) is 0 Å². The number of terminal acetylenes is 1. The van der Waals surface area contributed by atoms with Crippen molar-refractivity contribution in [3.8, 4) is 12.3 Å². The third kappa shape index (κ3) is 2.33. The highest BCUT2D eigenvalue weighted by atomic mass is 16.1. The maximum absolute atomic E-state index is 12.0. The molecule has 18 heavy (non-hydrogen) atoms. The average Bonchev–Trinajstić information content (AvgIpc) is 2.35. The van der Waals surface area contributed by atoms with E-state index in [2.05, 4.69) is 16.2 Å². The van der Waals surface area contributed by atoms with Gasteiger partial charge in [0.2, 0.25) is 0 Å². The highest BCUT2D eigenvalue weighted by molar-refractivity contribution is 6.06. The average molecular weight is 238 g/mol. The molecule has 0 atom stereocenters. The molecule has 2 rings (SSSR count). The minimum absolute atomic E-state index is 0.158. The van der Waals surface area contributed by atoms with Crippen LogP contribution >= 0.6 is 0 Å². The van der Waals surface area contributed by atoms with Gasteiger partial charge in [-0.25, -0.2) is 0 Å². The first kappa shape index (κ1) is 12.1. The van der Waals surface area contributed by atoms with Gasteiger partial charge in [-0.05, 0) is 32.0 Å². The van der Waals surface area contributed by atoms with Crippen LogP contribution in [-0.2, 0) is 0 Å². The molecule has 1 heterocycles. The summed E-state index contributed by atoms with van der Waals surface area (Å²) in [5.41, 5.74) is 3.36. The van der Waals surface area contributed by atoms with Crippen molar-refractivity contribution in [3.05, 3.63) is 41.1 Å². The van der Waals surface area contributed by atoms with Crippen LogP contribution in [0.1, 0.15) is 21.6 Å². The number of aryl methyl sites for hydroxylation is 2. The van der Waals surface area contributed by atoms with Gasteiger partial charge in [0.15, 0.2) is 0 Å². The Morgan fingerprint density at radius 1 is 1.39 bits per heavy atom. The van der Waals surface area contributed by atoms with Gasteiger partial charge in [0.05, 0.1) is 17.6 Å². The number of rotatable bonds is 2. The van der Waals surface area contributed by atoms with Crippen molar-refractivity contribution in [1.29, 1.82) is 0 Å². The topological polar surface area (TPSA) is 42.0 Å². The van der Waals surface area contributed by atoms with Gasteiger partial charge in [0.25, 0.3) is 5.91 Å². The number of nitrogens with one attached hydrogen (secondary N) is 1. The number of hydrogen-bond donors (Lipinski definition) is 1. The fraction of sp³-hybridized carbons (Fsp3) is 0.200. The standard InChI is InChI=1S/C15H14N2O/c1-4-7-16-15(18)13-9-11(3)17-14-6-5-10(2)8-12(13)14/h1,5-6,8-9H,7H2,2-3H3,(H,16,18). The predicted molar refractivity (Wildman–Crippen MR) is 72.4 cm³/mol. The summed E-state index contributed by atoms with van der Waals surface area (Å²) in [5.74, 6) is 2.24. The lowest BCUT2D eigenvalue weighted by Gasteiger charge is -2.08. The second-order valence-corrected chi connectivity index (χ2v) is 4.22. The molecule has 3 nitrogen and oxygen atoms in total. The molecule has 3 heteroatoms. The van der Waals surface area contributed by atoms with Crippen LogP contribution in [-0.4, -0.2) is 17.4 Å². The lowest BCUT2D eigenvalue weighted by Crippen LogP contribution is -2.24. The van der Waals surface area contributed by atoms with Crippen molar-refractivity contribution in [1.82, 2.24) is 10.3 Å². The van der Waals surface area contributed by atoms with E-state index < -0.39 is 0 Å². The Bertz CT molecular complexity index is 653. The van der Waals surface area contributed by atoms with E-state index in [-0.39, 0.29) is 12.5 Å². The smallest absolute Gasteiger partial charge is 0.252 e. The Morgan fingerprint density at radius 2 is 2.17 bits per heavy atom. The molecule has 1 aromatic carbocycles. The third-order valence-corrected chi connectivity index (χ3v) is 2.69. The highest BCUT2D eigenvalue weighted by Crippen LogP contribution is 2.19. The fourth-order valence-corrected chi connectivity index (χ4v) is 1.89. The van der Waals surface area contributed by atoms with E-state index in [4.69, 9.17) is 6.42 Å². The van der Waals surface area contributed by atoms with Crippen molar-refractivity contribution in [2.45, 2.75) is 13.8 Å². The zero-order valence-electron chi connectivity index (χ0n) is 10.4. The fourth-order valence-electron chi connectivity index (χ4n) is 1.89. The second-order valence-electron chi connectivity index (χ2n) is 4.22. The van der Waals surface area contributed by atoms with Gasteiger partial charge in [0.1, 0.15) is 0 Å². The van der Waals surface area contributed by atoms with Crippen LogP contribution in [0.2, 0.25) is 0 Å². The molecule has 0 spiro atoms. The van der Waals surface area contributed by atoms with E-state index in [1.54, 1.807) is 6.07 Å². The minimum atomic E-state index is -0.158. The first-order valence-corrected chi connectivity index (χ1v) is 5.71. The monoisotopic (exact) mass is 238 g/mol. The molecule has 0 saturated carbocycles. The third-order valence-electron chi connectivity index (χ3n) is 2.69. The lowest BCUT2D eigenvalue weighted by molar-refractivity contribution is 0.0960. The predicted octanol–water partition coefficient (Wildman–Crippen LogP) is 2.21.